The molecule has 2 heterocycles. The van der Waals surface area contributed by atoms with Crippen LogP contribution >= 0.6 is 0 Å². The molecular formula is C17H14N2. The van der Waals surface area contributed by atoms with E-state index in [0.717, 1.165) is 0 Å². The van der Waals surface area contributed by atoms with E-state index in [1.54, 1.807) is 0 Å². The summed E-state index contributed by atoms with van der Waals surface area (Å²) < 4.78 is 0. The Morgan fingerprint density at radius 2 is 1.63 bits per heavy atom. The van der Waals surface area contributed by atoms with Crippen molar-refractivity contribution in [2.24, 2.45) is 0 Å². The van der Waals surface area contributed by atoms with E-state index < -0.39 is 0 Å². The molecule has 0 fully saturated rings. The van der Waals surface area contributed by atoms with Crippen LogP contribution in [-0.4, -0.2) is 9.97 Å². The van der Waals surface area contributed by atoms with Crippen LogP contribution in [0, 0.1) is 6.92 Å². The standard InChI is InChI=1S/C17H14N2/c1-11-9-18-17-8-12(6-7-13(11)17)15-10-19-16-5-3-2-4-14(15)16/h2-10,18-19H,1H3. The Bertz CT molecular complexity index is 880. The number of hydrogen-bond acceptors (Lipinski definition) is 0. The molecule has 0 spiro atoms. The summed E-state index contributed by atoms with van der Waals surface area (Å²) in [6, 6.07) is 15.0. The van der Waals surface area contributed by atoms with Crippen LogP contribution in [0.25, 0.3) is 32.9 Å². The van der Waals surface area contributed by atoms with Crippen LogP contribution in [0.3, 0.4) is 0 Å². The van der Waals surface area contributed by atoms with Crippen molar-refractivity contribution in [3.63, 3.8) is 0 Å². The Labute approximate surface area is 111 Å². The van der Waals surface area contributed by atoms with Gasteiger partial charge in [-0.25, -0.2) is 0 Å². The molecule has 0 bridgehead atoms. The molecule has 0 saturated carbocycles. The van der Waals surface area contributed by atoms with Crippen LogP contribution in [0.15, 0.2) is 54.9 Å². The van der Waals surface area contributed by atoms with E-state index in [2.05, 4.69) is 71.7 Å². The Morgan fingerprint density at radius 3 is 2.58 bits per heavy atom. The fourth-order valence-corrected chi connectivity index (χ4v) is 2.75. The van der Waals surface area contributed by atoms with Crippen molar-refractivity contribution in [1.82, 2.24) is 9.97 Å². The average molecular weight is 246 g/mol. The summed E-state index contributed by atoms with van der Waals surface area (Å²) in [6.45, 7) is 2.13. The lowest BCUT2D eigenvalue weighted by Gasteiger charge is -2.01. The highest BCUT2D eigenvalue weighted by Gasteiger charge is 2.07. The SMILES string of the molecule is Cc1c[nH]c2cc(-c3c[nH]c4ccccc34)ccc12. The molecule has 0 aliphatic carbocycles. The topological polar surface area (TPSA) is 31.6 Å². The predicted octanol–water partition coefficient (Wildman–Crippen LogP) is 4.62. The van der Waals surface area contributed by atoms with Crippen LogP contribution in [0.5, 0.6) is 0 Å². The minimum Gasteiger partial charge on any atom is -0.361 e. The molecule has 92 valence electrons. The van der Waals surface area contributed by atoms with Crippen molar-refractivity contribution in [2.75, 3.05) is 0 Å². The van der Waals surface area contributed by atoms with Crippen LogP contribution in [0.4, 0.5) is 0 Å². The molecular weight excluding hydrogens is 232 g/mol. The van der Waals surface area contributed by atoms with E-state index in [1.165, 1.54) is 38.5 Å². The summed E-state index contributed by atoms with van der Waals surface area (Å²) >= 11 is 0. The largest absolute Gasteiger partial charge is 0.361 e. The fraction of sp³-hybridized carbons (Fsp3) is 0.0588. The molecule has 0 amide bonds. The Morgan fingerprint density at radius 1 is 0.789 bits per heavy atom. The second kappa shape index (κ2) is 3.75. The maximum atomic E-state index is 3.33. The van der Waals surface area contributed by atoms with Gasteiger partial charge in [0.15, 0.2) is 0 Å². The van der Waals surface area contributed by atoms with Crippen molar-refractivity contribution >= 4 is 21.8 Å². The van der Waals surface area contributed by atoms with Gasteiger partial charge in [-0.1, -0.05) is 30.3 Å². The number of fused-ring (bicyclic) bond motifs is 2. The van der Waals surface area contributed by atoms with E-state index in [9.17, 15) is 0 Å². The van der Waals surface area contributed by atoms with Crippen molar-refractivity contribution in [3.05, 3.63) is 60.4 Å². The number of benzene rings is 2. The Hall–Kier alpha value is -2.48. The van der Waals surface area contributed by atoms with Gasteiger partial charge in [0.05, 0.1) is 0 Å². The first-order valence-corrected chi connectivity index (χ1v) is 6.47. The first kappa shape index (κ1) is 10.4. The van der Waals surface area contributed by atoms with Gasteiger partial charge in [0.2, 0.25) is 0 Å². The van der Waals surface area contributed by atoms with E-state index >= 15 is 0 Å². The predicted molar refractivity (Wildman–Crippen MR) is 80.3 cm³/mol. The molecule has 0 radical (unpaired) electrons. The number of hydrogen-bond donors (Lipinski definition) is 2. The molecule has 0 aliphatic rings. The van der Waals surface area contributed by atoms with Gasteiger partial charge in [0.25, 0.3) is 0 Å². The van der Waals surface area contributed by atoms with Gasteiger partial charge >= 0.3 is 0 Å². The minimum atomic E-state index is 1.18. The summed E-state index contributed by atoms with van der Waals surface area (Å²) in [7, 11) is 0. The quantitative estimate of drug-likeness (QED) is 0.491. The second-order valence-electron chi connectivity index (χ2n) is 4.98. The number of aromatic nitrogens is 2. The summed E-state index contributed by atoms with van der Waals surface area (Å²) in [4.78, 5) is 6.66. The number of aryl methyl sites for hydroxylation is 1. The number of nitrogens with one attached hydrogen (secondary N) is 2. The molecule has 2 aromatic carbocycles. The second-order valence-corrected chi connectivity index (χ2v) is 4.98. The van der Waals surface area contributed by atoms with Crippen LogP contribution in [0.1, 0.15) is 5.56 Å². The van der Waals surface area contributed by atoms with Crippen molar-refractivity contribution in [1.29, 1.82) is 0 Å². The van der Waals surface area contributed by atoms with Gasteiger partial charge in [-0.15, -0.1) is 0 Å². The smallest absolute Gasteiger partial charge is 0.0462 e. The third kappa shape index (κ3) is 1.50. The van der Waals surface area contributed by atoms with Crippen LogP contribution < -0.4 is 0 Å². The van der Waals surface area contributed by atoms with Gasteiger partial charge in [0, 0.05) is 39.8 Å². The van der Waals surface area contributed by atoms with E-state index in [1.807, 2.05) is 0 Å². The number of para-hydroxylation sites is 1. The lowest BCUT2D eigenvalue weighted by Crippen LogP contribution is -1.76. The molecule has 2 aromatic heterocycles. The normalized spacial score (nSPS) is 11.4. The number of H-pyrrole nitrogens is 2. The zero-order chi connectivity index (χ0) is 12.8. The highest BCUT2D eigenvalue weighted by molar-refractivity contribution is 5.98. The molecule has 0 unspecified atom stereocenters. The zero-order valence-electron chi connectivity index (χ0n) is 10.7. The van der Waals surface area contributed by atoms with Crippen LogP contribution in [0.2, 0.25) is 0 Å². The number of rotatable bonds is 1. The molecule has 2 nitrogen and oxygen atoms in total. The van der Waals surface area contributed by atoms with E-state index in [4.69, 9.17) is 0 Å². The lowest BCUT2D eigenvalue weighted by atomic mass is 10.0. The molecule has 0 saturated heterocycles. The monoisotopic (exact) mass is 246 g/mol. The maximum absolute atomic E-state index is 3.33. The highest BCUT2D eigenvalue weighted by Crippen LogP contribution is 2.31. The molecule has 4 aromatic rings. The summed E-state index contributed by atoms with van der Waals surface area (Å²) in [5, 5.41) is 2.56. The average Bonchev–Trinajstić information content (AvgIpc) is 3.03. The summed E-state index contributed by atoms with van der Waals surface area (Å²) in [5.41, 5.74) is 6.16. The highest BCUT2D eigenvalue weighted by atomic mass is 14.7. The first-order chi connectivity index (χ1) is 9.33. The zero-order valence-corrected chi connectivity index (χ0v) is 10.7. The molecule has 4 rings (SSSR count). The Kier molecular flexibility index (Phi) is 2.06. The number of aromatic amines is 2. The van der Waals surface area contributed by atoms with E-state index in [0.29, 0.717) is 0 Å². The van der Waals surface area contributed by atoms with Crippen molar-refractivity contribution in [3.8, 4) is 11.1 Å². The summed E-state index contributed by atoms with van der Waals surface area (Å²) in [5.74, 6) is 0. The molecule has 0 aliphatic heterocycles. The van der Waals surface area contributed by atoms with E-state index in [-0.39, 0.29) is 0 Å². The fourth-order valence-electron chi connectivity index (χ4n) is 2.75. The van der Waals surface area contributed by atoms with Crippen molar-refractivity contribution < 1.29 is 0 Å². The Balaban J connectivity index is 1.98. The van der Waals surface area contributed by atoms with Gasteiger partial charge in [-0.3, -0.25) is 0 Å². The van der Waals surface area contributed by atoms with Gasteiger partial charge in [-0.05, 0) is 30.2 Å². The van der Waals surface area contributed by atoms with Gasteiger partial charge < -0.3 is 9.97 Å². The third-order valence-electron chi connectivity index (χ3n) is 3.79. The molecule has 2 N–H and O–H groups in total. The van der Waals surface area contributed by atoms with Crippen LogP contribution in [-0.2, 0) is 0 Å². The first-order valence-electron chi connectivity index (χ1n) is 6.47. The maximum Gasteiger partial charge on any atom is 0.0462 e. The van der Waals surface area contributed by atoms with Gasteiger partial charge in [-0.2, -0.15) is 0 Å². The van der Waals surface area contributed by atoms with Crippen molar-refractivity contribution in [2.45, 2.75) is 6.92 Å². The third-order valence-corrected chi connectivity index (χ3v) is 3.79. The summed E-state index contributed by atoms with van der Waals surface area (Å²) in [6.07, 6.45) is 4.14. The lowest BCUT2D eigenvalue weighted by molar-refractivity contribution is 1.43. The molecule has 19 heavy (non-hydrogen) atoms. The molecule has 0 atom stereocenters. The van der Waals surface area contributed by atoms with Gasteiger partial charge in [0.1, 0.15) is 0 Å². The molecule has 2 heteroatoms. The minimum absolute atomic E-state index is 1.18.